The minimum absolute atomic E-state index is 0.269. The molecule has 0 N–H and O–H groups in total. The monoisotopic (exact) mass is 177 g/mol. The number of nitrogens with zero attached hydrogens (tertiary/aromatic N) is 1. The van der Waals surface area contributed by atoms with E-state index in [9.17, 15) is 0 Å². The summed E-state index contributed by atoms with van der Waals surface area (Å²) in [6, 6.07) is 11.7. The van der Waals surface area contributed by atoms with E-state index < -0.39 is 0 Å². The van der Waals surface area contributed by atoms with E-state index in [1.165, 1.54) is 0 Å². The number of allylic oxidation sites excluding steroid dienone is 1. The number of halogens is 1. The van der Waals surface area contributed by atoms with Crippen LogP contribution < -0.4 is 0 Å². The summed E-state index contributed by atoms with van der Waals surface area (Å²) < 4.78 is 0. The summed E-state index contributed by atoms with van der Waals surface area (Å²) in [6.07, 6.45) is 1.78. The van der Waals surface area contributed by atoms with E-state index in [4.69, 9.17) is 16.9 Å². The van der Waals surface area contributed by atoms with Gasteiger partial charge in [-0.05, 0) is 11.6 Å². The van der Waals surface area contributed by atoms with Crippen LogP contribution in [0.2, 0.25) is 0 Å². The highest BCUT2D eigenvalue weighted by Crippen LogP contribution is 2.06. The highest BCUT2D eigenvalue weighted by atomic mass is 35.5. The summed E-state index contributed by atoms with van der Waals surface area (Å²) in [7, 11) is 0. The Kier molecular flexibility index (Phi) is 3.37. The van der Waals surface area contributed by atoms with Gasteiger partial charge >= 0.3 is 0 Å². The van der Waals surface area contributed by atoms with Gasteiger partial charge in [0.1, 0.15) is 0 Å². The summed E-state index contributed by atoms with van der Waals surface area (Å²) in [5, 5.41) is 8.58. The number of hydrogen-bond acceptors (Lipinski definition) is 1. The first-order chi connectivity index (χ1) is 5.86. The predicted molar refractivity (Wildman–Crippen MR) is 50.8 cm³/mol. The summed E-state index contributed by atoms with van der Waals surface area (Å²) in [4.78, 5) is 0. The quantitative estimate of drug-likeness (QED) is 0.504. The molecule has 1 rings (SSSR count). The van der Waals surface area contributed by atoms with Crippen LogP contribution in [0.1, 0.15) is 5.56 Å². The summed E-state index contributed by atoms with van der Waals surface area (Å²) in [5.74, 6) is 0.269. The van der Waals surface area contributed by atoms with Gasteiger partial charge in [-0.25, -0.2) is 0 Å². The van der Waals surface area contributed by atoms with Gasteiger partial charge in [-0.15, -0.1) is 11.6 Å². The van der Waals surface area contributed by atoms with Gasteiger partial charge in [0.05, 0.1) is 11.9 Å². The number of rotatable bonds is 2. The second-order valence-electron chi connectivity index (χ2n) is 2.33. The highest BCUT2D eigenvalue weighted by Gasteiger charge is 1.91. The molecule has 0 unspecified atom stereocenters. The van der Waals surface area contributed by atoms with Gasteiger partial charge in [-0.1, -0.05) is 30.3 Å². The SMILES string of the molecule is N#C/C(=C\c1ccccc1)CCl. The lowest BCUT2D eigenvalue weighted by Gasteiger charge is -1.92. The Hall–Kier alpha value is -1.26. The van der Waals surface area contributed by atoms with Crippen molar-refractivity contribution in [2.75, 3.05) is 5.88 Å². The zero-order chi connectivity index (χ0) is 8.81. The van der Waals surface area contributed by atoms with Crippen molar-refractivity contribution in [2.24, 2.45) is 0 Å². The molecule has 0 aromatic heterocycles. The Labute approximate surface area is 76.9 Å². The smallest absolute Gasteiger partial charge is 0.0960 e. The first-order valence-corrected chi connectivity index (χ1v) is 4.12. The van der Waals surface area contributed by atoms with Crippen LogP contribution in [0.15, 0.2) is 35.9 Å². The van der Waals surface area contributed by atoms with Crippen molar-refractivity contribution in [3.05, 3.63) is 41.5 Å². The molecule has 2 heteroatoms. The number of benzene rings is 1. The molecule has 0 spiro atoms. The Morgan fingerprint density at radius 1 is 1.42 bits per heavy atom. The molecule has 0 amide bonds. The van der Waals surface area contributed by atoms with Gasteiger partial charge in [0.25, 0.3) is 0 Å². The van der Waals surface area contributed by atoms with E-state index >= 15 is 0 Å². The molecule has 60 valence electrons. The van der Waals surface area contributed by atoms with Crippen LogP contribution in [0.25, 0.3) is 6.08 Å². The Balaban J connectivity index is 2.88. The molecule has 0 aliphatic carbocycles. The molecule has 0 radical (unpaired) electrons. The molecule has 0 heterocycles. The zero-order valence-corrected chi connectivity index (χ0v) is 7.25. The summed E-state index contributed by atoms with van der Waals surface area (Å²) in [5.41, 5.74) is 1.59. The topological polar surface area (TPSA) is 23.8 Å². The third-order valence-corrected chi connectivity index (χ3v) is 1.72. The average Bonchev–Trinajstić information content (AvgIpc) is 2.16. The van der Waals surface area contributed by atoms with E-state index in [1.807, 2.05) is 36.4 Å². The molecule has 0 saturated heterocycles. The highest BCUT2D eigenvalue weighted by molar-refractivity contribution is 6.20. The Bertz CT molecular complexity index is 308. The van der Waals surface area contributed by atoms with Crippen LogP contribution >= 0.6 is 11.6 Å². The van der Waals surface area contributed by atoms with Crippen molar-refractivity contribution >= 4 is 17.7 Å². The standard InChI is InChI=1S/C10H8ClN/c11-7-10(8-12)6-9-4-2-1-3-5-9/h1-6H,7H2/b10-6-. The molecule has 1 nitrogen and oxygen atoms in total. The fourth-order valence-corrected chi connectivity index (χ4v) is 0.988. The molecular formula is C10H8ClN. The van der Waals surface area contributed by atoms with Gasteiger partial charge in [0.15, 0.2) is 0 Å². The lowest BCUT2D eigenvalue weighted by atomic mass is 10.1. The molecule has 0 atom stereocenters. The maximum atomic E-state index is 8.58. The fourth-order valence-electron chi connectivity index (χ4n) is 0.851. The van der Waals surface area contributed by atoms with Crippen LogP contribution in [-0.4, -0.2) is 5.88 Å². The minimum atomic E-state index is 0.269. The van der Waals surface area contributed by atoms with Crippen LogP contribution in [0.4, 0.5) is 0 Å². The lowest BCUT2D eigenvalue weighted by molar-refractivity contribution is 1.46. The predicted octanol–water partition coefficient (Wildman–Crippen LogP) is 2.83. The van der Waals surface area contributed by atoms with Gasteiger partial charge in [0.2, 0.25) is 0 Å². The Morgan fingerprint density at radius 3 is 2.58 bits per heavy atom. The maximum Gasteiger partial charge on any atom is 0.0960 e. The van der Waals surface area contributed by atoms with Crippen molar-refractivity contribution in [3.8, 4) is 6.07 Å². The second kappa shape index (κ2) is 4.58. The molecule has 12 heavy (non-hydrogen) atoms. The van der Waals surface area contributed by atoms with Crippen molar-refractivity contribution in [2.45, 2.75) is 0 Å². The van der Waals surface area contributed by atoms with E-state index in [0.29, 0.717) is 5.57 Å². The van der Waals surface area contributed by atoms with Gasteiger partial charge in [-0.3, -0.25) is 0 Å². The zero-order valence-electron chi connectivity index (χ0n) is 6.50. The van der Waals surface area contributed by atoms with Gasteiger partial charge in [0, 0.05) is 5.57 Å². The Morgan fingerprint density at radius 2 is 2.08 bits per heavy atom. The summed E-state index contributed by atoms with van der Waals surface area (Å²) >= 11 is 5.53. The molecule has 0 fully saturated rings. The van der Waals surface area contributed by atoms with Crippen molar-refractivity contribution in [1.29, 1.82) is 5.26 Å². The molecular weight excluding hydrogens is 170 g/mol. The van der Waals surface area contributed by atoms with E-state index in [1.54, 1.807) is 6.08 Å². The first-order valence-electron chi connectivity index (χ1n) is 3.58. The van der Waals surface area contributed by atoms with Gasteiger partial charge < -0.3 is 0 Å². The second-order valence-corrected chi connectivity index (χ2v) is 2.59. The lowest BCUT2D eigenvalue weighted by Crippen LogP contribution is -1.79. The van der Waals surface area contributed by atoms with E-state index in [0.717, 1.165) is 5.56 Å². The van der Waals surface area contributed by atoms with Crippen molar-refractivity contribution < 1.29 is 0 Å². The molecule has 1 aromatic carbocycles. The molecule has 1 aromatic rings. The van der Waals surface area contributed by atoms with E-state index in [-0.39, 0.29) is 5.88 Å². The third kappa shape index (κ3) is 2.41. The van der Waals surface area contributed by atoms with Crippen LogP contribution in [0, 0.1) is 11.3 Å². The fraction of sp³-hybridized carbons (Fsp3) is 0.100. The first kappa shape index (κ1) is 8.83. The molecule has 0 saturated carbocycles. The molecule has 0 bridgehead atoms. The number of hydrogen-bond donors (Lipinski definition) is 0. The third-order valence-electron chi connectivity index (χ3n) is 1.43. The van der Waals surface area contributed by atoms with Crippen molar-refractivity contribution in [3.63, 3.8) is 0 Å². The van der Waals surface area contributed by atoms with Crippen LogP contribution in [-0.2, 0) is 0 Å². The summed E-state index contributed by atoms with van der Waals surface area (Å²) in [6.45, 7) is 0. The molecule has 0 aliphatic heterocycles. The normalized spacial score (nSPS) is 10.8. The maximum absolute atomic E-state index is 8.58. The van der Waals surface area contributed by atoms with Crippen LogP contribution in [0.5, 0.6) is 0 Å². The minimum Gasteiger partial charge on any atom is -0.193 e. The number of alkyl halides is 1. The molecule has 0 aliphatic rings. The average molecular weight is 178 g/mol. The van der Waals surface area contributed by atoms with Crippen molar-refractivity contribution in [1.82, 2.24) is 0 Å². The van der Waals surface area contributed by atoms with Crippen LogP contribution in [0.3, 0.4) is 0 Å². The number of nitriles is 1. The largest absolute Gasteiger partial charge is 0.193 e. The van der Waals surface area contributed by atoms with E-state index in [2.05, 4.69) is 0 Å². The van der Waals surface area contributed by atoms with Gasteiger partial charge in [-0.2, -0.15) is 5.26 Å².